The van der Waals surface area contributed by atoms with Crippen molar-refractivity contribution < 1.29 is 4.79 Å². The molecule has 1 unspecified atom stereocenters. The maximum Gasteiger partial charge on any atom is 0.142 e. The molecule has 0 aromatic heterocycles. The Labute approximate surface area is 124 Å². The number of aldehydes is 1. The second-order valence-electron chi connectivity index (χ2n) is 6.17. The summed E-state index contributed by atoms with van der Waals surface area (Å²) in [5, 5.41) is 1.48. The molecule has 0 aliphatic heterocycles. The number of allylic oxidation sites excluding steroid dienone is 3. The van der Waals surface area contributed by atoms with E-state index in [4.69, 9.17) is 0 Å². The number of rotatable bonds is 7. The molecule has 0 bridgehead atoms. The molecule has 0 amide bonds. The van der Waals surface area contributed by atoms with Crippen LogP contribution in [0.1, 0.15) is 26.7 Å². The quantitative estimate of drug-likeness (QED) is 0.313. The maximum atomic E-state index is 10.5. The smallest absolute Gasteiger partial charge is 0.142 e. The number of carbonyl (C=O) groups is 1. The Morgan fingerprint density at radius 3 is 2.35 bits per heavy atom. The van der Waals surface area contributed by atoms with Crippen LogP contribution in [-0.4, -0.2) is 14.4 Å². The lowest BCUT2D eigenvalue weighted by molar-refractivity contribution is -0.104. The van der Waals surface area contributed by atoms with Crippen LogP contribution in [0.25, 0.3) is 0 Å². The number of hydrogen-bond acceptors (Lipinski definition) is 1. The van der Waals surface area contributed by atoms with E-state index in [9.17, 15) is 4.79 Å². The average molecular weight is 286 g/mol. The summed E-state index contributed by atoms with van der Waals surface area (Å²) in [4.78, 5) is 10.5. The molecule has 2 heteroatoms. The monoisotopic (exact) mass is 286 g/mol. The van der Waals surface area contributed by atoms with Gasteiger partial charge in [-0.25, -0.2) is 0 Å². The van der Waals surface area contributed by atoms with E-state index >= 15 is 0 Å². The predicted molar refractivity (Wildman–Crippen MR) is 91.2 cm³/mol. The van der Waals surface area contributed by atoms with Crippen molar-refractivity contribution in [2.24, 2.45) is 0 Å². The molecule has 20 heavy (non-hydrogen) atoms. The van der Waals surface area contributed by atoms with Crippen molar-refractivity contribution in [1.29, 1.82) is 0 Å². The molecule has 1 atom stereocenters. The Morgan fingerprint density at radius 2 is 1.85 bits per heavy atom. The molecule has 1 aromatic rings. The summed E-state index contributed by atoms with van der Waals surface area (Å²) in [6, 6.07) is 10.8. The van der Waals surface area contributed by atoms with E-state index < -0.39 is 8.07 Å². The van der Waals surface area contributed by atoms with Crippen LogP contribution in [0.3, 0.4) is 0 Å². The summed E-state index contributed by atoms with van der Waals surface area (Å²) in [6.07, 6.45) is 4.61. The van der Waals surface area contributed by atoms with Gasteiger partial charge in [0.25, 0.3) is 0 Å². The standard InChI is InChI=1S/C18H26OSi/c1-15(2)18(12-11-16(3)13-14-19)20(4,5)17-9-7-6-8-10-17/h6-10,13-14,18H,1,11-12H2,2-5H3/b16-13+. The summed E-state index contributed by atoms with van der Waals surface area (Å²) in [6.45, 7) is 13.2. The summed E-state index contributed by atoms with van der Waals surface area (Å²) in [7, 11) is -1.58. The first-order chi connectivity index (χ1) is 9.39. The summed E-state index contributed by atoms with van der Waals surface area (Å²) >= 11 is 0. The van der Waals surface area contributed by atoms with Crippen LogP contribution in [0.2, 0.25) is 18.6 Å². The van der Waals surface area contributed by atoms with Gasteiger partial charge < -0.3 is 0 Å². The highest BCUT2D eigenvalue weighted by molar-refractivity contribution is 6.91. The fraction of sp³-hybridized carbons (Fsp3) is 0.389. The summed E-state index contributed by atoms with van der Waals surface area (Å²) in [5.74, 6) is 0. The minimum Gasteiger partial charge on any atom is -0.299 e. The van der Waals surface area contributed by atoms with Gasteiger partial charge in [0.05, 0.1) is 8.07 Å². The predicted octanol–water partition coefficient (Wildman–Crippen LogP) is 4.47. The van der Waals surface area contributed by atoms with E-state index in [1.807, 2.05) is 6.92 Å². The number of hydrogen-bond donors (Lipinski definition) is 0. The molecule has 0 N–H and O–H groups in total. The van der Waals surface area contributed by atoms with Crippen molar-refractivity contribution in [2.75, 3.05) is 0 Å². The SMILES string of the molecule is C=C(C)C(CC/C(C)=C/C=O)[Si](C)(C)c1ccccc1. The Kier molecular flexibility index (Phi) is 6.15. The number of carbonyl (C=O) groups excluding carboxylic acids is 1. The van der Waals surface area contributed by atoms with E-state index in [1.54, 1.807) is 6.08 Å². The van der Waals surface area contributed by atoms with Gasteiger partial charge in [0, 0.05) is 0 Å². The van der Waals surface area contributed by atoms with Gasteiger partial charge in [-0.1, -0.05) is 59.8 Å². The minimum absolute atomic E-state index is 0.542. The first kappa shape index (κ1) is 16.6. The topological polar surface area (TPSA) is 17.1 Å². The van der Waals surface area contributed by atoms with E-state index in [2.05, 4.69) is 56.9 Å². The molecule has 0 radical (unpaired) electrons. The van der Waals surface area contributed by atoms with Crippen molar-refractivity contribution in [3.05, 3.63) is 54.1 Å². The van der Waals surface area contributed by atoms with Crippen molar-refractivity contribution in [1.82, 2.24) is 0 Å². The molecular weight excluding hydrogens is 260 g/mol. The van der Waals surface area contributed by atoms with Crippen LogP contribution in [0.5, 0.6) is 0 Å². The Morgan fingerprint density at radius 1 is 1.25 bits per heavy atom. The zero-order chi connectivity index (χ0) is 15.2. The van der Waals surface area contributed by atoms with Crippen molar-refractivity contribution >= 4 is 19.5 Å². The number of benzene rings is 1. The normalized spacial score (nSPS) is 13.9. The third-order valence-electron chi connectivity index (χ3n) is 4.16. The molecular formula is C18H26OSi. The zero-order valence-electron chi connectivity index (χ0n) is 13.1. The largest absolute Gasteiger partial charge is 0.299 e. The average Bonchev–Trinajstić information content (AvgIpc) is 2.39. The second-order valence-corrected chi connectivity index (χ2v) is 10.9. The molecule has 1 rings (SSSR count). The Balaban J connectivity index is 2.93. The minimum atomic E-state index is -1.58. The third-order valence-corrected chi connectivity index (χ3v) is 8.51. The summed E-state index contributed by atoms with van der Waals surface area (Å²) < 4.78 is 0. The molecule has 0 aliphatic rings. The Bertz CT molecular complexity index is 485. The molecule has 1 nitrogen and oxygen atoms in total. The van der Waals surface area contributed by atoms with E-state index in [1.165, 1.54) is 10.8 Å². The van der Waals surface area contributed by atoms with Gasteiger partial charge in [0.2, 0.25) is 0 Å². The van der Waals surface area contributed by atoms with Gasteiger partial charge in [0.15, 0.2) is 0 Å². The second kappa shape index (κ2) is 7.39. The van der Waals surface area contributed by atoms with Crippen molar-refractivity contribution in [3.8, 4) is 0 Å². The van der Waals surface area contributed by atoms with Crippen LogP contribution in [0, 0.1) is 0 Å². The summed E-state index contributed by atoms with van der Waals surface area (Å²) in [5.41, 5.74) is 2.97. The van der Waals surface area contributed by atoms with Gasteiger partial charge in [-0.2, -0.15) is 0 Å². The molecule has 0 spiro atoms. The molecule has 0 fully saturated rings. The van der Waals surface area contributed by atoms with Gasteiger partial charge in [-0.3, -0.25) is 4.79 Å². The van der Waals surface area contributed by atoms with Crippen LogP contribution in [0.15, 0.2) is 54.1 Å². The molecule has 1 aromatic carbocycles. The van der Waals surface area contributed by atoms with Crippen molar-refractivity contribution in [3.63, 3.8) is 0 Å². The molecule has 0 saturated carbocycles. The molecule has 0 aliphatic carbocycles. The maximum absolute atomic E-state index is 10.5. The highest BCUT2D eigenvalue weighted by atomic mass is 28.3. The molecule has 0 saturated heterocycles. The van der Waals surface area contributed by atoms with E-state index in [0.29, 0.717) is 5.54 Å². The Hall–Kier alpha value is -1.41. The lowest BCUT2D eigenvalue weighted by atomic mass is 10.1. The first-order valence-electron chi connectivity index (χ1n) is 7.21. The van der Waals surface area contributed by atoms with Gasteiger partial charge in [-0.05, 0) is 38.3 Å². The van der Waals surface area contributed by atoms with E-state index in [-0.39, 0.29) is 0 Å². The molecule has 0 heterocycles. The van der Waals surface area contributed by atoms with Crippen LogP contribution >= 0.6 is 0 Å². The van der Waals surface area contributed by atoms with Crippen LogP contribution in [-0.2, 0) is 4.79 Å². The fourth-order valence-corrected chi connectivity index (χ4v) is 6.42. The van der Waals surface area contributed by atoms with Gasteiger partial charge >= 0.3 is 0 Å². The van der Waals surface area contributed by atoms with Crippen LogP contribution in [0.4, 0.5) is 0 Å². The third kappa shape index (κ3) is 4.31. The van der Waals surface area contributed by atoms with Crippen LogP contribution < -0.4 is 5.19 Å². The van der Waals surface area contributed by atoms with Crippen molar-refractivity contribution in [2.45, 2.75) is 45.3 Å². The van der Waals surface area contributed by atoms with Gasteiger partial charge in [-0.15, -0.1) is 6.58 Å². The first-order valence-corrected chi connectivity index (χ1v) is 10.3. The highest BCUT2D eigenvalue weighted by Gasteiger charge is 2.33. The van der Waals surface area contributed by atoms with Gasteiger partial charge in [0.1, 0.15) is 6.29 Å². The lowest BCUT2D eigenvalue weighted by Gasteiger charge is -2.34. The lowest BCUT2D eigenvalue weighted by Crippen LogP contribution is -2.46. The highest BCUT2D eigenvalue weighted by Crippen LogP contribution is 2.34. The zero-order valence-corrected chi connectivity index (χ0v) is 14.1. The molecule has 108 valence electrons. The van der Waals surface area contributed by atoms with E-state index in [0.717, 1.165) is 24.7 Å². The fourth-order valence-electron chi connectivity index (χ4n) is 2.86.